The highest BCUT2D eigenvalue weighted by Gasteiger charge is 2.29. The number of ether oxygens (including phenoxy) is 2. The van der Waals surface area contributed by atoms with Crippen molar-refractivity contribution in [2.75, 3.05) is 25.0 Å². The van der Waals surface area contributed by atoms with Crippen LogP contribution in [0.1, 0.15) is 29.6 Å². The molecule has 3 aromatic carbocycles. The summed E-state index contributed by atoms with van der Waals surface area (Å²) in [5.41, 5.74) is 0.489. The lowest BCUT2D eigenvalue weighted by atomic mass is 10.2. The van der Waals surface area contributed by atoms with Gasteiger partial charge in [0.1, 0.15) is 16.4 Å². The summed E-state index contributed by atoms with van der Waals surface area (Å²) in [5.74, 6) is -0.0855. The Balaban J connectivity index is 1.33. The molecule has 0 bridgehead atoms. The minimum absolute atomic E-state index is 0.00908. The summed E-state index contributed by atoms with van der Waals surface area (Å²) in [6, 6.07) is 19.9. The third-order valence-electron chi connectivity index (χ3n) is 5.55. The Kier molecular flexibility index (Phi) is 8.25. The van der Waals surface area contributed by atoms with Gasteiger partial charge in [-0.1, -0.05) is 36.2 Å². The number of piperidine rings is 1. The Bertz CT molecular complexity index is 1320. The zero-order valence-corrected chi connectivity index (χ0v) is 20.9. The van der Waals surface area contributed by atoms with E-state index in [0.29, 0.717) is 30.3 Å². The fraction of sp³-hybridized carbons (Fsp3) is 0.231. The third-order valence-corrected chi connectivity index (χ3v) is 7.93. The fourth-order valence-corrected chi connectivity index (χ4v) is 5.73. The molecule has 1 saturated heterocycles. The lowest BCUT2D eigenvalue weighted by Gasteiger charge is -2.26. The van der Waals surface area contributed by atoms with Gasteiger partial charge < -0.3 is 14.8 Å². The van der Waals surface area contributed by atoms with Gasteiger partial charge in [-0.15, -0.1) is 0 Å². The van der Waals surface area contributed by atoms with E-state index >= 15 is 0 Å². The molecule has 0 unspecified atom stereocenters. The molecule has 0 aliphatic carbocycles. The highest BCUT2D eigenvalue weighted by molar-refractivity contribution is 7.89. The summed E-state index contributed by atoms with van der Waals surface area (Å²) in [6.45, 7) is 0.275. The maximum absolute atomic E-state index is 13.0. The number of nitrogens with zero attached hydrogens (tertiary/aromatic N) is 1. The fourth-order valence-electron chi connectivity index (χ4n) is 3.71. The average molecular weight is 529 g/mol. The number of para-hydroxylation sites is 1. The van der Waals surface area contributed by atoms with Crippen LogP contribution in [-0.2, 0) is 19.6 Å². The van der Waals surface area contributed by atoms with Crippen LogP contribution in [0.3, 0.4) is 0 Å². The Morgan fingerprint density at radius 2 is 1.56 bits per heavy atom. The first-order chi connectivity index (χ1) is 17.3. The van der Waals surface area contributed by atoms with Crippen molar-refractivity contribution in [3.05, 3.63) is 83.4 Å². The van der Waals surface area contributed by atoms with Gasteiger partial charge in [0.05, 0.1) is 10.6 Å². The van der Waals surface area contributed by atoms with Crippen LogP contribution >= 0.6 is 11.6 Å². The largest absolute Gasteiger partial charge is 0.457 e. The molecule has 1 amide bonds. The van der Waals surface area contributed by atoms with Crippen LogP contribution in [0.15, 0.2) is 77.7 Å². The third kappa shape index (κ3) is 6.42. The molecule has 4 rings (SSSR count). The van der Waals surface area contributed by atoms with Crippen LogP contribution in [0, 0.1) is 0 Å². The smallest absolute Gasteiger partial charge is 0.338 e. The van der Waals surface area contributed by atoms with Gasteiger partial charge in [0.15, 0.2) is 6.61 Å². The molecule has 1 N–H and O–H groups in total. The summed E-state index contributed by atoms with van der Waals surface area (Å²) >= 11 is 6.15. The standard InChI is InChI=1S/C26H25ClN2O6S/c27-23-14-9-19(17-24(23)36(32,33)29-15-5-2-6-16-29)26(31)34-18-25(30)28-20-10-12-22(13-11-20)35-21-7-3-1-4-8-21/h1,3-4,7-14,17H,2,5-6,15-16,18H2,(H,28,30). The number of esters is 1. The first kappa shape index (κ1) is 25.7. The van der Waals surface area contributed by atoms with Gasteiger partial charge in [0, 0.05) is 18.8 Å². The van der Waals surface area contributed by atoms with Gasteiger partial charge in [0.25, 0.3) is 5.91 Å². The van der Waals surface area contributed by atoms with Crippen LogP contribution in [0.5, 0.6) is 11.5 Å². The number of rotatable bonds is 8. The second kappa shape index (κ2) is 11.6. The summed E-state index contributed by atoms with van der Waals surface area (Å²) in [5, 5.41) is 2.65. The van der Waals surface area contributed by atoms with Crippen molar-refractivity contribution in [2.24, 2.45) is 0 Å². The zero-order valence-electron chi connectivity index (χ0n) is 19.4. The van der Waals surface area contributed by atoms with Crippen LogP contribution in [0.25, 0.3) is 0 Å². The molecule has 1 aliphatic heterocycles. The van der Waals surface area contributed by atoms with Gasteiger partial charge in [-0.25, -0.2) is 13.2 Å². The molecule has 1 heterocycles. The van der Waals surface area contributed by atoms with Crippen molar-refractivity contribution >= 4 is 39.2 Å². The lowest BCUT2D eigenvalue weighted by molar-refractivity contribution is -0.119. The van der Waals surface area contributed by atoms with E-state index in [-0.39, 0.29) is 15.5 Å². The molecule has 8 nitrogen and oxygen atoms in total. The van der Waals surface area contributed by atoms with E-state index in [1.165, 1.54) is 22.5 Å². The summed E-state index contributed by atoms with van der Waals surface area (Å²) in [6.07, 6.45) is 2.52. The highest BCUT2D eigenvalue weighted by Crippen LogP contribution is 2.28. The van der Waals surface area contributed by atoms with E-state index in [0.717, 1.165) is 19.3 Å². The normalized spacial score (nSPS) is 14.1. The van der Waals surface area contributed by atoms with E-state index in [9.17, 15) is 18.0 Å². The number of sulfonamides is 1. The van der Waals surface area contributed by atoms with Crippen LogP contribution < -0.4 is 10.1 Å². The molecule has 188 valence electrons. The van der Waals surface area contributed by atoms with Crippen LogP contribution in [0.4, 0.5) is 5.69 Å². The Morgan fingerprint density at radius 1 is 0.889 bits per heavy atom. The number of hydrogen-bond acceptors (Lipinski definition) is 6. The van der Waals surface area contributed by atoms with E-state index in [2.05, 4.69) is 5.32 Å². The minimum Gasteiger partial charge on any atom is -0.457 e. The maximum atomic E-state index is 13.0. The molecule has 36 heavy (non-hydrogen) atoms. The number of anilines is 1. The molecular formula is C26H25ClN2O6S. The Morgan fingerprint density at radius 3 is 2.25 bits per heavy atom. The first-order valence-electron chi connectivity index (χ1n) is 11.4. The average Bonchev–Trinajstić information content (AvgIpc) is 2.90. The van der Waals surface area contributed by atoms with Gasteiger partial charge in [-0.2, -0.15) is 4.31 Å². The number of carbonyl (C=O) groups excluding carboxylic acids is 2. The van der Waals surface area contributed by atoms with Crippen molar-refractivity contribution in [3.63, 3.8) is 0 Å². The van der Waals surface area contributed by atoms with Crippen molar-refractivity contribution in [2.45, 2.75) is 24.2 Å². The summed E-state index contributed by atoms with van der Waals surface area (Å²) in [4.78, 5) is 24.6. The molecule has 1 aliphatic rings. The quantitative estimate of drug-likeness (QED) is 0.408. The molecule has 3 aromatic rings. The van der Waals surface area contributed by atoms with E-state index in [1.54, 1.807) is 24.3 Å². The maximum Gasteiger partial charge on any atom is 0.338 e. The van der Waals surface area contributed by atoms with E-state index < -0.39 is 28.5 Å². The second-order valence-electron chi connectivity index (χ2n) is 8.17. The molecule has 10 heteroatoms. The number of halogens is 1. The topological polar surface area (TPSA) is 102 Å². The summed E-state index contributed by atoms with van der Waals surface area (Å²) in [7, 11) is -3.84. The number of hydrogen-bond donors (Lipinski definition) is 1. The highest BCUT2D eigenvalue weighted by atomic mass is 35.5. The molecule has 1 fully saturated rings. The number of amides is 1. The Labute approximate surface area is 214 Å². The van der Waals surface area contributed by atoms with Gasteiger partial charge in [0.2, 0.25) is 10.0 Å². The number of benzene rings is 3. The first-order valence-corrected chi connectivity index (χ1v) is 13.2. The van der Waals surface area contributed by atoms with E-state index in [4.69, 9.17) is 21.1 Å². The molecule has 0 aromatic heterocycles. The molecule has 0 saturated carbocycles. The predicted molar refractivity (Wildman–Crippen MR) is 136 cm³/mol. The number of carbonyl (C=O) groups is 2. The van der Waals surface area contributed by atoms with Crippen molar-refractivity contribution in [3.8, 4) is 11.5 Å². The second-order valence-corrected chi connectivity index (χ2v) is 10.5. The molecule has 0 atom stereocenters. The monoisotopic (exact) mass is 528 g/mol. The SMILES string of the molecule is O=C(COC(=O)c1ccc(Cl)c(S(=O)(=O)N2CCCCC2)c1)Nc1ccc(Oc2ccccc2)cc1. The predicted octanol–water partition coefficient (Wildman–Crippen LogP) is 5.10. The van der Waals surface area contributed by atoms with Gasteiger partial charge in [-0.3, -0.25) is 4.79 Å². The van der Waals surface area contributed by atoms with Crippen molar-refractivity contribution < 1.29 is 27.5 Å². The zero-order chi connectivity index (χ0) is 25.5. The Hall–Kier alpha value is -3.40. The van der Waals surface area contributed by atoms with Crippen LogP contribution in [0.2, 0.25) is 5.02 Å². The summed E-state index contributed by atoms with van der Waals surface area (Å²) < 4.78 is 38.2. The number of nitrogens with one attached hydrogen (secondary N) is 1. The molecule has 0 spiro atoms. The lowest BCUT2D eigenvalue weighted by Crippen LogP contribution is -2.35. The van der Waals surface area contributed by atoms with E-state index in [1.807, 2.05) is 30.3 Å². The van der Waals surface area contributed by atoms with Crippen molar-refractivity contribution in [1.29, 1.82) is 0 Å². The van der Waals surface area contributed by atoms with Gasteiger partial charge in [-0.05, 0) is 67.4 Å². The molecular weight excluding hydrogens is 504 g/mol. The van der Waals surface area contributed by atoms with Crippen LogP contribution in [-0.4, -0.2) is 44.3 Å². The van der Waals surface area contributed by atoms with Crippen molar-refractivity contribution in [1.82, 2.24) is 4.31 Å². The molecule has 0 radical (unpaired) electrons. The minimum atomic E-state index is -3.84. The van der Waals surface area contributed by atoms with Gasteiger partial charge >= 0.3 is 5.97 Å².